The molecule has 0 bridgehead atoms. The van der Waals surface area contributed by atoms with Gasteiger partial charge in [-0.15, -0.1) is 5.92 Å². The molecule has 0 unspecified atom stereocenters. The van der Waals surface area contributed by atoms with Gasteiger partial charge < -0.3 is 10.1 Å². The summed E-state index contributed by atoms with van der Waals surface area (Å²) in [5, 5.41) is 2.57. The largest absolute Gasteiger partial charge is 0.345 e. The van der Waals surface area contributed by atoms with Crippen molar-refractivity contribution >= 4 is 11.7 Å². The highest BCUT2D eigenvalue weighted by Crippen LogP contribution is 1.88. The number of Topliss-reactive ketones (excluding diaryl/α,β-unsaturated/α-hetero) is 1. The van der Waals surface area contributed by atoms with E-state index in [1.54, 1.807) is 6.92 Å². The fourth-order valence-electron chi connectivity index (χ4n) is 0.609. The summed E-state index contributed by atoms with van der Waals surface area (Å²) in [6.45, 7) is 3.55. The molecule has 0 aliphatic rings. The highest BCUT2D eigenvalue weighted by atomic mass is 16.2. The van der Waals surface area contributed by atoms with Crippen LogP contribution in [0.1, 0.15) is 26.7 Å². The zero-order chi connectivity index (χ0) is 9.40. The maximum atomic E-state index is 10.9. The van der Waals surface area contributed by atoms with Gasteiger partial charge in [0.1, 0.15) is 5.78 Å². The molecule has 0 rings (SSSR count). The van der Waals surface area contributed by atoms with Crippen LogP contribution >= 0.6 is 0 Å². The predicted octanol–water partition coefficient (Wildman–Crippen LogP) is 0.495. The monoisotopic (exact) mass is 167 g/mol. The van der Waals surface area contributed by atoms with Crippen LogP contribution < -0.4 is 5.32 Å². The van der Waals surface area contributed by atoms with Crippen LogP contribution in [0.3, 0.4) is 0 Å². The van der Waals surface area contributed by atoms with E-state index < -0.39 is 0 Å². The number of nitrogens with one attached hydrogen (secondary N) is 1. The molecule has 0 spiro atoms. The first-order chi connectivity index (χ1) is 5.66. The second kappa shape index (κ2) is 6.41. The molecule has 0 heterocycles. The predicted molar refractivity (Wildman–Crippen MR) is 46.4 cm³/mol. The molecule has 0 aliphatic carbocycles. The van der Waals surface area contributed by atoms with Gasteiger partial charge in [0.25, 0.3) is 0 Å². The lowest BCUT2D eigenvalue weighted by Gasteiger charge is -1.98. The smallest absolute Gasteiger partial charge is 0.221 e. The second-order valence-corrected chi connectivity index (χ2v) is 2.41. The molecule has 66 valence electrons. The quantitative estimate of drug-likeness (QED) is 0.619. The van der Waals surface area contributed by atoms with Crippen LogP contribution in [0.2, 0.25) is 0 Å². The third-order valence-corrected chi connectivity index (χ3v) is 1.25. The minimum Gasteiger partial charge on any atom is -0.345 e. The standard InChI is InChI=1S/C9H13NO2/c1-3-4-7-10-9(12)6-5-8(2)11/h5-7H2,1-2H3,(H,10,12). The van der Waals surface area contributed by atoms with Crippen molar-refractivity contribution in [2.45, 2.75) is 26.7 Å². The maximum Gasteiger partial charge on any atom is 0.221 e. The Kier molecular flexibility index (Phi) is 5.72. The van der Waals surface area contributed by atoms with Gasteiger partial charge >= 0.3 is 0 Å². The van der Waals surface area contributed by atoms with Gasteiger partial charge in [-0.05, 0) is 13.8 Å². The van der Waals surface area contributed by atoms with Gasteiger partial charge in [-0.25, -0.2) is 0 Å². The number of amides is 1. The molecule has 12 heavy (non-hydrogen) atoms. The van der Waals surface area contributed by atoms with Gasteiger partial charge in [-0.3, -0.25) is 4.79 Å². The van der Waals surface area contributed by atoms with Crippen LogP contribution in [0.5, 0.6) is 0 Å². The van der Waals surface area contributed by atoms with Crippen LogP contribution in [0.25, 0.3) is 0 Å². The number of hydrogen-bond donors (Lipinski definition) is 1. The summed E-state index contributed by atoms with van der Waals surface area (Å²) in [5.41, 5.74) is 0. The van der Waals surface area contributed by atoms with Gasteiger partial charge in [0.2, 0.25) is 5.91 Å². The molecule has 0 saturated heterocycles. The lowest BCUT2D eigenvalue weighted by Crippen LogP contribution is -2.23. The van der Waals surface area contributed by atoms with Crippen molar-refractivity contribution in [3.8, 4) is 11.8 Å². The minimum atomic E-state index is -0.118. The Labute approximate surface area is 72.5 Å². The zero-order valence-electron chi connectivity index (χ0n) is 7.44. The lowest BCUT2D eigenvalue weighted by molar-refractivity contribution is -0.124. The topological polar surface area (TPSA) is 46.2 Å². The summed E-state index contributed by atoms with van der Waals surface area (Å²) >= 11 is 0. The van der Waals surface area contributed by atoms with E-state index in [1.807, 2.05) is 0 Å². The Bertz CT molecular complexity index is 222. The van der Waals surface area contributed by atoms with Crippen LogP contribution in [0.4, 0.5) is 0 Å². The van der Waals surface area contributed by atoms with E-state index in [4.69, 9.17) is 0 Å². The minimum absolute atomic E-state index is 0.0340. The highest BCUT2D eigenvalue weighted by molar-refractivity contribution is 5.83. The Balaban J connectivity index is 3.44. The molecule has 1 N–H and O–H groups in total. The average molecular weight is 167 g/mol. The van der Waals surface area contributed by atoms with E-state index in [9.17, 15) is 9.59 Å². The van der Waals surface area contributed by atoms with Crippen molar-refractivity contribution in [2.75, 3.05) is 6.54 Å². The van der Waals surface area contributed by atoms with Crippen molar-refractivity contribution < 1.29 is 9.59 Å². The molecule has 0 aromatic carbocycles. The summed E-state index contributed by atoms with van der Waals surface area (Å²) in [7, 11) is 0. The van der Waals surface area contributed by atoms with Crippen molar-refractivity contribution in [1.82, 2.24) is 5.32 Å². The first-order valence-electron chi connectivity index (χ1n) is 3.82. The van der Waals surface area contributed by atoms with Crippen molar-refractivity contribution in [2.24, 2.45) is 0 Å². The molecule has 0 radical (unpaired) electrons. The van der Waals surface area contributed by atoms with Gasteiger partial charge in [-0.2, -0.15) is 0 Å². The molecule has 0 aromatic heterocycles. The van der Waals surface area contributed by atoms with Gasteiger partial charge in [0.15, 0.2) is 0 Å². The van der Waals surface area contributed by atoms with Gasteiger partial charge in [0, 0.05) is 12.8 Å². The van der Waals surface area contributed by atoms with Gasteiger partial charge in [0.05, 0.1) is 6.54 Å². The molecule has 0 aliphatic heterocycles. The molecule has 0 saturated carbocycles. The van der Waals surface area contributed by atoms with Crippen LogP contribution in [-0.2, 0) is 9.59 Å². The van der Waals surface area contributed by atoms with E-state index in [0.29, 0.717) is 13.0 Å². The fraction of sp³-hybridized carbons (Fsp3) is 0.556. The molecular formula is C9H13NO2. The molecular weight excluding hydrogens is 154 g/mol. The molecule has 1 amide bonds. The van der Waals surface area contributed by atoms with Crippen molar-refractivity contribution in [3.05, 3.63) is 0 Å². The van der Waals surface area contributed by atoms with Crippen LogP contribution in [0, 0.1) is 11.8 Å². The summed E-state index contributed by atoms with van der Waals surface area (Å²) in [6, 6.07) is 0. The van der Waals surface area contributed by atoms with E-state index in [1.165, 1.54) is 6.92 Å². The summed E-state index contributed by atoms with van der Waals surface area (Å²) in [4.78, 5) is 21.4. The molecule has 0 fully saturated rings. The summed E-state index contributed by atoms with van der Waals surface area (Å²) in [6.07, 6.45) is 0.576. The fourth-order valence-corrected chi connectivity index (χ4v) is 0.609. The third kappa shape index (κ3) is 6.81. The summed E-state index contributed by atoms with van der Waals surface area (Å²) < 4.78 is 0. The highest BCUT2D eigenvalue weighted by Gasteiger charge is 2.00. The Morgan fingerprint density at radius 3 is 2.50 bits per heavy atom. The number of carbonyl (C=O) groups is 2. The number of rotatable bonds is 4. The van der Waals surface area contributed by atoms with Crippen LogP contribution in [0.15, 0.2) is 0 Å². The number of ketones is 1. The SMILES string of the molecule is CC#CCNC(=O)CCC(C)=O. The lowest BCUT2D eigenvalue weighted by atomic mass is 10.2. The Morgan fingerprint density at radius 2 is 2.00 bits per heavy atom. The van der Waals surface area contributed by atoms with Crippen molar-refractivity contribution in [1.29, 1.82) is 0 Å². The van der Waals surface area contributed by atoms with E-state index in [2.05, 4.69) is 17.2 Å². The average Bonchev–Trinajstić information content (AvgIpc) is 2.01. The first-order valence-corrected chi connectivity index (χ1v) is 3.82. The maximum absolute atomic E-state index is 10.9. The van der Waals surface area contributed by atoms with Gasteiger partial charge in [-0.1, -0.05) is 5.92 Å². The first kappa shape index (κ1) is 10.7. The zero-order valence-corrected chi connectivity index (χ0v) is 7.44. The number of carbonyl (C=O) groups excluding carboxylic acids is 2. The third-order valence-electron chi connectivity index (χ3n) is 1.25. The Morgan fingerprint density at radius 1 is 1.33 bits per heavy atom. The molecule has 3 heteroatoms. The molecule has 0 atom stereocenters. The second-order valence-electron chi connectivity index (χ2n) is 2.41. The van der Waals surface area contributed by atoms with E-state index in [0.717, 1.165) is 0 Å². The van der Waals surface area contributed by atoms with Crippen molar-refractivity contribution in [3.63, 3.8) is 0 Å². The normalized spacial score (nSPS) is 8.17. The van der Waals surface area contributed by atoms with E-state index in [-0.39, 0.29) is 18.1 Å². The van der Waals surface area contributed by atoms with E-state index >= 15 is 0 Å². The van der Waals surface area contributed by atoms with Crippen LogP contribution in [-0.4, -0.2) is 18.2 Å². The molecule has 0 aromatic rings. The summed E-state index contributed by atoms with van der Waals surface area (Å²) in [5.74, 6) is 5.27. The molecule has 3 nitrogen and oxygen atoms in total. The Hall–Kier alpha value is -1.30. The number of hydrogen-bond acceptors (Lipinski definition) is 2.